The highest BCUT2D eigenvalue weighted by molar-refractivity contribution is 5.97. The lowest BCUT2D eigenvalue weighted by molar-refractivity contribution is -0.115. The van der Waals surface area contributed by atoms with Gasteiger partial charge in [0.25, 0.3) is 0 Å². The Morgan fingerprint density at radius 1 is 1.25 bits per heavy atom. The fraction of sp³-hybridized carbons (Fsp3) is 0.211. The smallest absolute Gasteiger partial charge is 0.228 e. The van der Waals surface area contributed by atoms with Crippen molar-refractivity contribution in [3.63, 3.8) is 0 Å². The van der Waals surface area contributed by atoms with E-state index in [1.165, 1.54) is 18.2 Å². The largest absolute Gasteiger partial charge is 0.492 e. The van der Waals surface area contributed by atoms with Crippen molar-refractivity contribution in [2.75, 3.05) is 11.9 Å². The van der Waals surface area contributed by atoms with Crippen molar-refractivity contribution in [3.8, 4) is 5.75 Å². The number of H-pyrrole nitrogens is 1. The zero-order valence-corrected chi connectivity index (χ0v) is 13.7. The first-order chi connectivity index (χ1) is 11.6. The predicted octanol–water partition coefficient (Wildman–Crippen LogP) is 4.20. The van der Waals surface area contributed by atoms with Crippen LogP contribution in [0.3, 0.4) is 0 Å². The van der Waals surface area contributed by atoms with E-state index in [-0.39, 0.29) is 12.3 Å². The summed E-state index contributed by atoms with van der Waals surface area (Å²) >= 11 is 0. The molecule has 0 bridgehead atoms. The van der Waals surface area contributed by atoms with Crippen molar-refractivity contribution in [1.82, 2.24) is 4.98 Å². The maximum Gasteiger partial charge on any atom is 0.228 e. The number of halogens is 1. The summed E-state index contributed by atoms with van der Waals surface area (Å²) in [4.78, 5) is 15.7. The molecule has 0 aliphatic rings. The van der Waals surface area contributed by atoms with Crippen LogP contribution in [0.15, 0.2) is 42.5 Å². The normalized spacial score (nSPS) is 10.8. The van der Waals surface area contributed by atoms with Crippen molar-refractivity contribution in [2.45, 2.75) is 20.3 Å². The van der Waals surface area contributed by atoms with Gasteiger partial charge in [-0.15, -0.1) is 0 Å². The summed E-state index contributed by atoms with van der Waals surface area (Å²) in [5, 5.41) is 3.84. The van der Waals surface area contributed by atoms with Crippen molar-refractivity contribution < 1.29 is 13.9 Å². The second-order valence-electron chi connectivity index (χ2n) is 5.57. The van der Waals surface area contributed by atoms with E-state index in [9.17, 15) is 9.18 Å². The Balaban J connectivity index is 1.82. The van der Waals surface area contributed by atoms with E-state index in [0.717, 1.165) is 22.2 Å². The first-order valence-electron chi connectivity index (χ1n) is 7.87. The summed E-state index contributed by atoms with van der Waals surface area (Å²) in [6.45, 7) is 4.16. The Labute approximate surface area is 139 Å². The van der Waals surface area contributed by atoms with Gasteiger partial charge in [-0.2, -0.15) is 0 Å². The van der Waals surface area contributed by atoms with Crippen LogP contribution < -0.4 is 10.1 Å². The lowest BCUT2D eigenvalue weighted by atomic mass is 10.1. The third kappa shape index (κ3) is 3.25. The molecule has 0 spiro atoms. The van der Waals surface area contributed by atoms with E-state index in [1.54, 1.807) is 0 Å². The minimum absolute atomic E-state index is 0.171. The topological polar surface area (TPSA) is 54.1 Å². The standard InChI is InChI=1S/C19H19FN2O2/c1-3-24-18-10-13(20)8-9-17(18)22-19(23)11-15-12(2)21-16-7-5-4-6-14(15)16/h4-10,21H,3,11H2,1-2H3,(H,22,23). The van der Waals surface area contributed by atoms with Crippen LogP contribution in [0.1, 0.15) is 18.2 Å². The second kappa shape index (κ2) is 6.74. The zero-order chi connectivity index (χ0) is 17.1. The molecule has 4 nitrogen and oxygen atoms in total. The number of hydrogen-bond acceptors (Lipinski definition) is 2. The summed E-state index contributed by atoms with van der Waals surface area (Å²) in [5.74, 6) is -0.235. The third-order valence-electron chi connectivity index (χ3n) is 3.88. The van der Waals surface area contributed by atoms with Crippen LogP contribution >= 0.6 is 0 Å². The Kier molecular flexibility index (Phi) is 4.51. The van der Waals surface area contributed by atoms with Crippen LogP contribution in [0.4, 0.5) is 10.1 Å². The van der Waals surface area contributed by atoms with Gasteiger partial charge in [-0.1, -0.05) is 18.2 Å². The monoisotopic (exact) mass is 326 g/mol. The van der Waals surface area contributed by atoms with Gasteiger partial charge in [0.1, 0.15) is 11.6 Å². The van der Waals surface area contributed by atoms with Crippen LogP contribution in [-0.2, 0) is 11.2 Å². The number of hydrogen-bond donors (Lipinski definition) is 2. The summed E-state index contributed by atoms with van der Waals surface area (Å²) in [6.07, 6.45) is 0.235. The summed E-state index contributed by atoms with van der Waals surface area (Å²) in [7, 11) is 0. The fourth-order valence-corrected chi connectivity index (χ4v) is 2.79. The molecular weight excluding hydrogens is 307 g/mol. The van der Waals surface area contributed by atoms with Crippen LogP contribution in [0.2, 0.25) is 0 Å². The first-order valence-corrected chi connectivity index (χ1v) is 7.87. The molecule has 3 rings (SSSR count). The quantitative estimate of drug-likeness (QED) is 0.738. The third-order valence-corrected chi connectivity index (χ3v) is 3.88. The van der Waals surface area contributed by atoms with Crippen LogP contribution in [0, 0.1) is 12.7 Å². The Hall–Kier alpha value is -2.82. The molecule has 0 saturated heterocycles. The van der Waals surface area contributed by atoms with Gasteiger partial charge < -0.3 is 15.0 Å². The molecule has 0 atom stereocenters. The molecule has 0 aliphatic carbocycles. The molecule has 0 radical (unpaired) electrons. The van der Waals surface area contributed by atoms with Gasteiger partial charge in [0.15, 0.2) is 0 Å². The molecule has 1 aromatic heterocycles. The molecule has 0 aliphatic heterocycles. The molecule has 24 heavy (non-hydrogen) atoms. The fourth-order valence-electron chi connectivity index (χ4n) is 2.79. The SMILES string of the molecule is CCOc1cc(F)ccc1NC(=O)Cc1c(C)[nH]c2ccccc12. The van der Waals surface area contributed by atoms with Gasteiger partial charge in [0.05, 0.1) is 18.7 Å². The van der Waals surface area contributed by atoms with E-state index < -0.39 is 5.82 Å². The van der Waals surface area contributed by atoms with E-state index >= 15 is 0 Å². The molecule has 0 fully saturated rings. The summed E-state index contributed by atoms with van der Waals surface area (Å²) in [6, 6.07) is 12.0. The highest BCUT2D eigenvalue weighted by atomic mass is 19.1. The van der Waals surface area contributed by atoms with Crippen LogP contribution in [-0.4, -0.2) is 17.5 Å². The predicted molar refractivity (Wildman–Crippen MR) is 92.9 cm³/mol. The molecule has 3 aromatic rings. The van der Waals surface area contributed by atoms with Crippen molar-refractivity contribution in [3.05, 3.63) is 59.5 Å². The summed E-state index contributed by atoms with van der Waals surface area (Å²) in [5.41, 5.74) is 3.41. The Bertz CT molecular complexity index is 886. The highest BCUT2D eigenvalue weighted by Crippen LogP contribution is 2.27. The minimum atomic E-state index is -0.399. The number of rotatable bonds is 5. The number of aromatic nitrogens is 1. The lowest BCUT2D eigenvalue weighted by Crippen LogP contribution is -2.15. The molecule has 2 N–H and O–H groups in total. The molecule has 0 unspecified atom stereocenters. The zero-order valence-electron chi connectivity index (χ0n) is 13.7. The van der Waals surface area contributed by atoms with Crippen LogP contribution in [0.5, 0.6) is 5.75 Å². The Morgan fingerprint density at radius 3 is 2.83 bits per heavy atom. The molecule has 2 aromatic carbocycles. The van der Waals surface area contributed by atoms with Crippen LogP contribution in [0.25, 0.3) is 10.9 Å². The van der Waals surface area contributed by atoms with E-state index in [4.69, 9.17) is 4.74 Å². The minimum Gasteiger partial charge on any atom is -0.492 e. The van der Waals surface area contributed by atoms with Gasteiger partial charge in [-0.25, -0.2) is 4.39 Å². The average Bonchev–Trinajstić information content (AvgIpc) is 2.86. The van der Waals surface area contributed by atoms with Gasteiger partial charge >= 0.3 is 0 Å². The summed E-state index contributed by atoms with van der Waals surface area (Å²) < 4.78 is 18.7. The first kappa shape index (κ1) is 16.1. The van der Waals surface area contributed by atoms with Crippen molar-refractivity contribution in [2.24, 2.45) is 0 Å². The number of aromatic amines is 1. The highest BCUT2D eigenvalue weighted by Gasteiger charge is 2.14. The Morgan fingerprint density at radius 2 is 2.04 bits per heavy atom. The van der Waals surface area contributed by atoms with Gasteiger partial charge in [0, 0.05) is 22.7 Å². The van der Waals surface area contributed by atoms with Gasteiger partial charge in [0.2, 0.25) is 5.91 Å². The number of amides is 1. The average molecular weight is 326 g/mol. The number of ether oxygens (including phenoxy) is 1. The van der Waals surface area contributed by atoms with Crippen molar-refractivity contribution in [1.29, 1.82) is 0 Å². The second-order valence-corrected chi connectivity index (χ2v) is 5.57. The van der Waals surface area contributed by atoms with E-state index in [1.807, 2.05) is 38.1 Å². The maximum atomic E-state index is 13.3. The number of fused-ring (bicyclic) bond motifs is 1. The molecule has 5 heteroatoms. The van der Waals surface area contributed by atoms with E-state index in [0.29, 0.717) is 18.0 Å². The van der Waals surface area contributed by atoms with Gasteiger partial charge in [-0.3, -0.25) is 4.79 Å². The van der Waals surface area contributed by atoms with Gasteiger partial charge in [-0.05, 0) is 37.6 Å². The number of carbonyl (C=O) groups is 1. The number of anilines is 1. The molecule has 0 saturated carbocycles. The van der Waals surface area contributed by atoms with E-state index in [2.05, 4.69) is 10.3 Å². The lowest BCUT2D eigenvalue weighted by Gasteiger charge is -2.11. The molecule has 1 heterocycles. The maximum absolute atomic E-state index is 13.3. The number of benzene rings is 2. The number of nitrogens with one attached hydrogen (secondary N) is 2. The van der Waals surface area contributed by atoms with Crippen molar-refractivity contribution >= 4 is 22.5 Å². The number of carbonyl (C=O) groups excluding carboxylic acids is 1. The molecular formula is C19H19FN2O2. The number of aryl methyl sites for hydroxylation is 1. The molecule has 124 valence electrons. The molecule has 1 amide bonds. The number of para-hydroxylation sites is 1.